The van der Waals surface area contributed by atoms with Crippen molar-refractivity contribution in [3.8, 4) is 0 Å². The smallest absolute Gasteiger partial charge is 0.311 e. The summed E-state index contributed by atoms with van der Waals surface area (Å²) in [4.78, 5) is 27.1. The van der Waals surface area contributed by atoms with Gasteiger partial charge in [0.15, 0.2) is 5.78 Å². The summed E-state index contributed by atoms with van der Waals surface area (Å²) in [5.74, 6) is -0.0931. The van der Waals surface area contributed by atoms with Crippen LogP contribution in [0.4, 0.5) is 0 Å². The molecule has 90 valence electrons. The van der Waals surface area contributed by atoms with E-state index in [1.807, 2.05) is 5.38 Å². The Morgan fingerprint density at radius 1 is 1.41 bits per heavy atom. The zero-order valence-electron chi connectivity index (χ0n) is 9.78. The first-order chi connectivity index (χ1) is 8.01. The predicted octanol–water partition coefficient (Wildman–Crippen LogP) is 1.94. The number of aromatic nitrogens is 1. The molecular formula is C12H13NO3S. The molecule has 0 saturated heterocycles. The van der Waals surface area contributed by atoms with Crippen molar-refractivity contribution in [2.24, 2.45) is 5.41 Å². The Morgan fingerprint density at radius 2 is 2.06 bits per heavy atom. The topological polar surface area (TPSA) is 56.3 Å². The van der Waals surface area contributed by atoms with Crippen molar-refractivity contribution in [1.29, 1.82) is 0 Å². The van der Waals surface area contributed by atoms with Crippen LogP contribution in [-0.4, -0.2) is 23.8 Å². The van der Waals surface area contributed by atoms with Gasteiger partial charge in [0, 0.05) is 17.7 Å². The molecule has 1 aromatic heterocycles. The maximum Gasteiger partial charge on any atom is 0.311 e. The summed E-state index contributed by atoms with van der Waals surface area (Å²) in [6.07, 6.45) is 2.49. The van der Waals surface area contributed by atoms with Crippen molar-refractivity contribution in [2.45, 2.75) is 31.6 Å². The summed E-state index contributed by atoms with van der Waals surface area (Å²) in [6, 6.07) is 0. The molecule has 17 heavy (non-hydrogen) atoms. The summed E-state index contributed by atoms with van der Waals surface area (Å²) >= 11 is 1.53. The van der Waals surface area contributed by atoms with Crippen LogP contribution in [0.1, 0.15) is 41.7 Å². The van der Waals surface area contributed by atoms with Crippen LogP contribution in [0.3, 0.4) is 0 Å². The molecule has 1 heterocycles. The number of Topliss-reactive ketones (excluding diaryl/α,β-unsaturated/α-hetero) is 1. The van der Waals surface area contributed by atoms with Gasteiger partial charge in [-0.3, -0.25) is 9.59 Å². The molecule has 4 rings (SSSR count). The fourth-order valence-electron chi connectivity index (χ4n) is 3.13. The average molecular weight is 251 g/mol. The molecule has 3 saturated carbocycles. The lowest BCUT2D eigenvalue weighted by molar-refractivity contribution is -0.198. The molecular weight excluding hydrogens is 238 g/mol. The van der Waals surface area contributed by atoms with Gasteiger partial charge in [-0.05, 0) is 19.3 Å². The maximum absolute atomic E-state index is 11.5. The summed E-state index contributed by atoms with van der Waals surface area (Å²) in [5.41, 5.74) is 0.366. The van der Waals surface area contributed by atoms with Gasteiger partial charge < -0.3 is 4.74 Å². The van der Waals surface area contributed by atoms with Gasteiger partial charge >= 0.3 is 5.97 Å². The van der Waals surface area contributed by atoms with Crippen LogP contribution < -0.4 is 0 Å². The number of methoxy groups -OCH3 is 1. The minimum atomic E-state index is -0.239. The van der Waals surface area contributed by atoms with Crippen LogP contribution in [-0.2, 0) is 14.9 Å². The highest BCUT2D eigenvalue weighted by molar-refractivity contribution is 7.10. The Morgan fingerprint density at radius 3 is 2.53 bits per heavy atom. The van der Waals surface area contributed by atoms with Gasteiger partial charge in [0.2, 0.25) is 0 Å². The molecule has 0 spiro atoms. The van der Waals surface area contributed by atoms with E-state index in [0.717, 1.165) is 24.3 Å². The largest absolute Gasteiger partial charge is 0.469 e. The third-order valence-corrected chi connectivity index (χ3v) is 5.06. The van der Waals surface area contributed by atoms with Gasteiger partial charge in [-0.25, -0.2) is 4.98 Å². The number of carbonyl (C=O) groups excluding carboxylic acids is 2. The van der Waals surface area contributed by atoms with E-state index in [1.165, 1.54) is 25.4 Å². The van der Waals surface area contributed by atoms with E-state index in [4.69, 9.17) is 4.74 Å². The number of esters is 1. The highest BCUT2D eigenvalue weighted by Crippen LogP contribution is 2.74. The summed E-state index contributed by atoms with van der Waals surface area (Å²) in [6.45, 7) is 1.52. The molecule has 0 aromatic carbocycles. The van der Waals surface area contributed by atoms with E-state index in [9.17, 15) is 9.59 Å². The van der Waals surface area contributed by atoms with Gasteiger partial charge in [0.25, 0.3) is 0 Å². The normalized spacial score (nSPS) is 33.5. The lowest BCUT2D eigenvalue weighted by Gasteiger charge is -2.67. The monoisotopic (exact) mass is 251 g/mol. The Hall–Kier alpha value is -1.23. The SMILES string of the molecule is COC(=O)C12CC(c3nc(C(C)=O)cs3)(C1)C2. The van der Waals surface area contributed by atoms with Gasteiger partial charge in [0.05, 0.1) is 17.5 Å². The summed E-state index contributed by atoms with van der Waals surface area (Å²) in [7, 11) is 1.44. The molecule has 3 aliphatic rings. The van der Waals surface area contributed by atoms with Gasteiger partial charge in [-0.1, -0.05) is 0 Å². The standard InChI is InChI=1S/C12H13NO3S/c1-7(14)8-3-17-9(13-8)11-4-12(5-11,6-11)10(15)16-2/h3H,4-6H2,1-2H3. The van der Waals surface area contributed by atoms with Crippen molar-refractivity contribution < 1.29 is 14.3 Å². The number of hydrogen-bond donors (Lipinski definition) is 0. The lowest BCUT2D eigenvalue weighted by atomic mass is 9.35. The minimum absolute atomic E-state index is 0.00165. The molecule has 0 aliphatic heterocycles. The molecule has 3 fully saturated rings. The van der Waals surface area contributed by atoms with E-state index in [2.05, 4.69) is 4.98 Å². The first-order valence-electron chi connectivity index (χ1n) is 5.57. The third-order valence-electron chi connectivity index (χ3n) is 3.97. The van der Waals surface area contributed by atoms with Crippen LogP contribution in [0.5, 0.6) is 0 Å². The number of thiazole rings is 1. The van der Waals surface area contributed by atoms with Crippen LogP contribution in [0.15, 0.2) is 5.38 Å². The number of ether oxygens (including phenoxy) is 1. The Kier molecular flexibility index (Phi) is 2.03. The number of hydrogen-bond acceptors (Lipinski definition) is 5. The van der Waals surface area contributed by atoms with E-state index in [0.29, 0.717) is 5.69 Å². The summed E-state index contributed by atoms with van der Waals surface area (Å²) in [5, 5.41) is 2.82. The molecule has 0 atom stereocenters. The Labute approximate surface area is 103 Å². The molecule has 2 bridgehead atoms. The Balaban J connectivity index is 1.77. The van der Waals surface area contributed by atoms with Gasteiger partial charge in [0.1, 0.15) is 5.69 Å². The van der Waals surface area contributed by atoms with E-state index in [-0.39, 0.29) is 22.6 Å². The maximum atomic E-state index is 11.5. The second-order valence-corrected chi connectivity index (χ2v) is 6.03. The van der Waals surface area contributed by atoms with E-state index < -0.39 is 0 Å². The second-order valence-electron chi connectivity index (χ2n) is 5.18. The van der Waals surface area contributed by atoms with Crippen molar-refractivity contribution in [2.75, 3.05) is 7.11 Å². The zero-order chi connectivity index (χ0) is 12.3. The van der Waals surface area contributed by atoms with Gasteiger partial charge in [-0.15, -0.1) is 11.3 Å². The third kappa shape index (κ3) is 1.26. The highest BCUT2D eigenvalue weighted by Gasteiger charge is 2.74. The molecule has 5 heteroatoms. The first kappa shape index (κ1) is 10.9. The van der Waals surface area contributed by atoms with Crippen LogP contribution in [0.25, 0.3) is 0 Å². The number of rotatable bonds is 3. The lowest BCUT2D eigenvalue weighted by Crippen LogP contribution is -2.68. The fraction of sp³-hybridized carbons (Fsp3) is 0.583. The first-order valence-corrected chi connectivity index (χ1v) is 6.45. The Bertz CT molecular complexity index is 500. The van der Waals surface area contributed by atoms with E-state index in [1.54, 1.807) is 0 Å². The highest BCUT2D eigenvalue weighted by atomic mass is 32.1. The predicted molar refractivity (Wildman–Crippen MR) is 62.1 cm³/mol. The average Bonchev–Trinajstić information content (AvgIpc) is 2.62. The van der Waals surface area contributed by atoms with Crippen molar-refractivity contribution in [1.82, 2.24) is 4.98 Å². The number of nitrogens with zero attached hydrogens (tertiary/aromatic N) is 1. The molecule has 0 radical (unpaired) electrons. The van der Waals surface area contributed by atoms with Gasteiger partial charge in [-0.2, -0.15) is 0 Å². The molecule has 0 N–H and O–H groups in total. The van der Waals surface area contributed by atoms with Crippen molar-refractivity contribution in [3.05, 3.63) is 16.1 Å². The quantitative estimate of drug-likeness (QED) is 0.608. The van der Waals surface area contributed by atoms with Crippen LogP contribution >= 0.6 is 11.3 Å². The molecule has 0 unspecified atom stereocenters. The minimum Gasteiger partial charge on any atom is -0.469 e. The fourth-order valence-corrected chi connectivity index (χ4v) is 4.19. The molecule has 1 aromatic rings. The molecule has 4 nitrogen and oxygen atoms in total. The molecule has 3 aliphatic carbocycles. The van der Waals surface area contributed by atoms with Crippen LogP contribution in [0, 0.1) is 5.41 Å². The molecule has 0 amide bonds. The second kappa shape index (κ2) is 3.16. The zero-order valence-corrected chi connectivity index (χ0v) is 10.6. The van der Waals surface area contributed by atoms with Crippen molar-refractivity contribution >= 4 is 23.1 Å². The number of carbonyl (C=O) groups is 2. The summed E-state index contributed by atoms with van der Waals surface area (Å²) < 4.78 is 4.81. The van der Waals surface area contributed by atoms with E-state index >= 15 is 0 Å². The van der Waals surface area contributed by atoms with Crippen LogP contribution in [0.2, 0.25) is 0 Å². The number of ketones is 1. The van der Waals surface area contributed by atoms with Crippen molar-refractivity contribution in [3.63, 3.8) is 0 Å².